The number of hydrogen-bond donors (Lipinski definition) is 0. The van der Waals surface area contributed by atoms with Crippen LogP contribution in [0.2, 0.25) is 0 Å². The molecule has 0 aliphatic heterocycles. The smallest absolute Gasteiger partial charge is 0.338 e. The molecule has 0 aromatic heterocycles. The van der Waals surface area contributed by atoms with Crippen molar-refractivity contribution < 1.29 is 33.5 Å². The molecule has 170 valence electrons. The van der Waals surface area contributed by atoms with Gasteiger partial charge in [-0.2, -0.15) is 0 Å². The number of ether oxygens (including phenoxy) is 3. The molecule has 0 saturated heterocycles. The third-order valence-electron chi connectivity index (χ3n) is 4.28. The minimum Gasteiger partial charge on any atom is -0.494 e. The summed E-state index contributed by atoms with van der Waals surface area (Å²) in [6.45, 7) is 3.80. The number of carbonyl (C=O) groups is 3. The molecule has 2 aromatic rings. The summed E-state index contributed by atoms with van der Waals surface area (Å²) in [6.07, 6.45) is 0. The number of benzene rings is 2. The van der Waals surface area contributed by atoms with Crippen molar-refractivity contribution in [3.05, 3.63) is 69.3 Å². The molecular weight excluding hydrogens is 420 g/mol. The molecule has 10 heteroatoms. The maximum atomic E-state index is 12.4. The van der Waals surface area contributed by atoms with Gasteiger partial charge in [0.25, 0.3) is 11.6 Å². The Morgan fingerprint density at radius 3 is 2.06 bits per heavy atom. The maximum Gasteiger partial charge on any atom is 0.338 e. The number of nitro benzene ring substituents is 1. The highest BCUT2D eigenvalue weighted by Gasteiger charge is 2.21. The minimum atomic E-state index is -0.970. The zero-order valence-electron chi connectivity index (χ0n) is 18.0. The van der Waals surface area contributed by atoms with Crippen molar-refractivity contribution in [2.75, 3.05) is 26.9 Å². The predicted molar refractivity (Wildman–Crippen MR) is 113 cm³/mol. The Morgan fingerprint density at radius 2 is 1.53 bits per heavy atom. The van der Waals surface area contributed by atoms with Crippen LogP contribution in [-0.4, -0.2) is 54.5 Å². The average molecular weight is 444 g/mol. The number of likely N-dealkylation sites (N-methyl/N-ethyl adjacent to an activating group) is 1. The van der Waals surface area contributed by atoms with Crippen molar-refractivity contribution in [2.24, 2.45) is 0 Å². The van der Waals surface area contributed by atoms with Crippen molar-refractivity contribution in [3.8, 4) is 5.75 Å². The zero-order chi connectivity index (χ0) is 23.7. The molecule has 2 aromatic carbocycles. The van der Waals surface area contributed by atoms with E-state index in [2.05, 4.69) is 0 Å². The minimum absolute atomic E-state index is 0.0660. The Balaban J connectivity index is 2.01. The second kappa shape index (κ2) is 11.4. The average Bonchev–Trinajstić information content (AvgIpc) is 2.78. The largest absolute Gasteiger partial charge is 0.494 e. The summed E-state index contributed by atoms with van der Waals surface area (Å²) in [7, 11) is 1.55. The van der Waals surface area contributed by atoms with Crippen LogP contribution in [0, 0.1) is 10.1 Å². The SMILES string of the molecule is CCOC(=O)c1cc(C(=O)OCC(=O)N(C)Cc2ccc(OCC)cc2)cc([N+](=O)[O-])c1. The van der Waals surface area contributed by atoms with E-state index >= 15 is 0 Å². The molecule has 0 unspecified atom stereocenters. The number of carbonyl (C=O) groups excluding carboxylic acids is 3. The van der Waals surface area contributed by atoms with Gasteiger partial charge in [-0.15, -0.1) is 0 Å². The first-order chi connectivity index (χ1) is 15.2. The van der Waals surface area contributed by atoms with Gasteiger partial charge in [-0.1, -0.05) is 12.1 Å². The van der Waals surface area contributed by atoms with Gasteiger partial charge in [0.15, 0.2) is 6.61 Å². The van der Waals surface area contributed by atoms with E-state index in [0.29, 0.717) is 6.61 Å². The maximum absolute atomic E-state index is 12.4. The predicted octanol–water partition coefficient (Wildman–Crippen LogP) is 2.99. The fourth-order valence-electron chi connectivity index (χ4n) is 2.71. The number of nitro groups is 1. The highest BCUT2D eigenvalue weighted by molar-refractivity contribution is 5.97. The molecule has 2 rings (SSSR count). The highest BCUT2D eigenvalue weighted by Crippen LogP contribution is 2.19. The number of amides is 1. The molecule has 0 saturated carbocycles. The van der Waals surface area contributed by atoms with Crippen LogP contribution in [0.25, 0.3) is 0 Å². The second-order valence-electron chi connectivity index (χ2n) is 6.65. The Bertz CT molecular complexity index is 988. The van der Waals surface area contributed by atoms with E-state index < -0.39 is 35.1 Å². The van der Waals surface area contributed by atoms with Crippen LogP contribution in [-0.2, 0) is 20.8 Å². The molecule has 32 heavy (non-hydrogen) atoms. The van der Waals surface area contributed by atoms with Crippen molar-refractivity contribution >= 4 is 23.5 Å². The Morgan fingerprint density at radius 1 is 0.938 bits per heavy atom. The van der Waals surface area contributed by atoms with Gasteiger partial charge in [0.05, 0.1) is 29.3 Å². The van der Waals surface area contributed by atoms with E-state index in [-0.39, 0.29) is 24.3 Å². The Hall–Kier alpha value is -3.95. The summed E-state index contributed by atoms with van der Waals surface area (Å²) in [4.78, 5) is 48.4. The molecule has 0 fully saturated rings. The number of esters is 2. The molecule has 10 nitrogen and oxygen atoms in total. The molecular formula is C22H24N2O8. The van der Waals surface area contributed by atoms with Crippen LogP contribution >= 0.6 is 0 Å². The molecule has 0 atom stereocenters. The Kier molecular flexibility index (Phi) is 8.70. The van der Waals surface area contributed by atoms with Crippen molar-refractivity contribution in [1.82, 2.24) is 4.90 Å². The first-order valence-corrected chi connectivity index (χ1v) is 9.84. The van der Waals surface area contributed by atoms with E-state index in [1.165, 1.54) is 4.90 Å². The van der Waals surface area contributed by atoms with E-state index in [1.54, 1.807) is 26.1 Å². The summed E-state index contributed by atoms with van der Waals surface area (Å²) in [5.74, 6) is -1.53. The van der Waals surface area contributed by atoms with Gasteiger partial charge in [0, 0.05) is 25.7 Å². The number of non-ortho nitro benzene ring substituents is 1. The molecule has 0 radical (unpaired) electrons. The van der Waals surface area contributed by atoms with Crippen LogP contribution in [0.1, 0.15) is 40.1 Å². The molecule has 0 spiro atoms. The fraction of sp³-hybridized carbons (Fsp3) is 0.318. The van der Waals surface area contributed by atoms with E-state index in [0.717, 1.165) is 29.5 Å². The lowest BCUT2D eigenvalue weighted by atomic mass is 10.1. The number of nitrogens with zero attached hydrogens (tertiary/aromatic N) is 2. The second-order valence-corrected chi connectivity index (χ2v) is 6.65. The van der Waals surface area contributed by atoms with Crippen LogP contribution in [0.4, 0.5) is 5.69 Å². The summed E-state index contributed by atoms with van der Waals surface area (Å²) < 4.78 is 15.2. The van der Waals surface area contributed by atoms with Gasteiger partial charge in [-0.25, -0.2) is 9.59 Å². The van der Waals surface area contributed by atoms with E-state index in [1.807, 2.05) is 19.1 Å². The molecule has 1 amide bonds. The molecule has 0 heterocycles. The van der Waals surface area contributed by atoms with Crippen molar-refractivity contribution in [1.29, 1.82) is 0 Å². The van der Waals surface area contributed by atoms with Crippen molar-refractivity contribution in [3.63, 3.8) is 0 Å². The van der Waals surface area contributed by atoms with Gasteiger partial charge in [-0.3, -0.25) is 14.9 Å². The van der Waals surface area contributed by atoms with Gasteiger partial charge in [0.1, 0.15) is 5.75 Å². The topological polar surface area (TPSA) is 125 Å². The fourth-order valence-corrected chi connectivity index (χ4v) is 2.71. The molecule has 0 aliphatic carbocycles. The van der Waals surface area contributed by atoms with Crippen molar-refractivity contribution in [2.45, 2.75) is 20.4 Å². The lowest BCUT2D eigenvalue weighted by Crippen LogP contribution is -2.30. The summed E-state index contributed by atoms with van der Waals surface area (Å²) in [5, 5.41) is 11.1. The van der Waals surface area contributed by atoms with Gasteiger partial charge >= 0.3 is 11.9 Å². The quantitative estimate of drug-likeness (QED) is 0.311. The van der Waals surface area contributed by atoms with Gasteiger partial charge in [-0.05, 0) is 37.6 Å². The van der Waals surface area contributed by atoms with Crippen LogP contribution in [0.15, 0.2) is 42.5 Å². The third-order valence-corrected chi connectivity index (χ3v) is 4.28. The lowest BCUT2D eigenvalue weighted by molar-refractivity contribution is -0.384. The monoisotopic (exact) mass is 444 g/mol. The van der Waals surface area contributed by atoms with Crippen LogP contribution in [0.5, 0.6) is 5.75 Å². The van der Waals surface area contributed by atoms with Gasteiger partial charge < -0.3 is 19.1 Å². The zero-order valence-corrected chi connectivity index (χ0v) is 18.0. The first kappa shape index (κ1) is 24.3. The number of rotatable bonds is 10. The van der Waals surface area contributed by atoms with Crippen LogP contribution in [0.3, 0.4) is 0 Å². The summed E-state index contributed by atoms with van der Waals surface area (Å²) in [6, 6.07) is 10.3. The number of hydrogen-bond acceptors (Lipinski definition) is 8. The third kappa shape index (κ3) is 6.79. The Labute approximate surface area is 184 Å². The van der Waals surface area contributed by atoms with Crippen LogP contribution < -0.4 is 4.74 Å². The summed E-state index contributed by atoms with van der Waals surface area (Å²) >= 11 is 0. The summed E-state index contributed by atoms with van der Waals surface area (Å²) in [5.41, 5.74) is -0.00833. The first-order valence-electron chi connectivity index (χ1n) is 9.84. The highest BCUT2D eigenvalue weighted by atomic mass is 16.6. The molecule has 0 aliphatic rings. The molecule has 0 bridgehead atoms. The van der Waals surface area contributed by atoms with E-state index in [4.69, 9.17) is 14.2 Å². The lowest BCUT2D eigenvalue weighted by Gasteiger charge is -2.17. The van der Waals surface area contributed by atoms with E-state index in [9.17, 15) is 24.5 Å². The normalized spacial score (nSPS) is 10.2. The van der Waals surface area contributed by atoms with Gasteiger partial charge in [0.2, 0.25) is 0 Å². The molecule has 0 N–H and O–H groups in total. The standard InChI is InChI=1S/C22H24N2O8/c1-4-30-19-8-6-15(7-9-19)13-23(3)20(25)14-32-22(27)17-10-16(21(26)31-5-2)11-18(12-17)24(28)29/h6-12H,4-5,13-14H2,1-3H3.